The van der Waals surface area contributed by atoms with E-state index in [4.69, 9.17) is 16.3 Å². The molecule has 0 aromatic heterocycles. The molecule has 0 radical (unpaired) electrons. The van der Waals surface area contributed by atoms with Gasteiger partial charge in [0.15, 0.2) is 0 Å². The first-order valence-electron chi connectivity index (χ1n) is 7.47. The number of nitrogens with one attached hydrogen (secondary N) is 1. The van der Waals surface area contributed by atoms with Gasteiger partial charge in [0, 0.05) is 12.2 Å². The number of likely N-dealkylation sites (tertiary alicyclic amines) is 1. The van der Waals surface area contributed by atoms with Crippen LogP contribution in [-0.4, -0.2) is 43.5 Å². The van der Waals surface area contributed by atoms with Gasteiger partial charge in [-0.05, 0) is 51.6 Å². The van der Waals surface area contributed by atoms with Crippen LogP contribution < -0.4 is 5.32 Å². The van der Waals surface area contributed by atoms with E-state index >= 15 is 0 Å². The van der Waals surface area contributed by atoms with Crippen molar-refractivity contribution in [2.75, 3.05) is 32.1 Å². The number of carbonyl (C=O) groups excluding carboxylic acids is 2. The van der Waals surface area contributed by atoms with E-state index in [0.29, 0.717) is 10.7 Å². The molecule has 1 N–H and O–H groups in total. The van der Waals surface area contributed by atoms with Crippen molar-refractivity contribution in [1.82, 2.24) is 4.90 Å². The molecule has 0 unspecified atom stereocenters. The third-order valence-electron chi connectivity index (χ3n) is 3.72. The van der Waals surface area contributed by atoms with Crippen LogP contribution in [0, 0.1) is 5.92 Å². The highest BCUT2D eigenvalue weighted by Crippen LogP contribution is 2.23. The van der Waals surface area contributed by atoms with Crippen LogP contribution in [0.4, 0.5) is 5.69 Å². The lowest BCUT2D eigenvalue weighted by atomic mass is 9.97. The van der Waals surface area contributed by atoms with Crippen molar-refractivity contribution in [1.29, 1.82) is 0 Å². The van der Waals surface area contributed by atoms with Gasteiger partial charge in [-0.2, -0.15) is 0 Å². The highest BCUT2D eigenvalue weighted by molar-refractivity contribution is 6.33. The van der Waals surface area contributed by atoms with Crippen LogP contribution in [0.1, 0.15) is 30.1 Å². The molecule has 6 heteroatoms. The summed E-state index contributed by atoms with van der Waals surface area (Å²) in [5.41, 5.74) is 0.827. The summed E-state index contributed by atoms with van der Waals surface area (Å²) in [6, 6.07) is 4.84. The van der Waals surface area contributed by atoms with Crippen molar-refractivity contribution in [3.05, 3.63) is 28.8 Å². The van der Waals surface area contributed by atoms with Crippen molar-refractivity contribution < 1.29 is 14.3 Å². The van der Waals surface area contributed by atoms with E-state index in [0.717, 1.165) is 25.9 Å². The standard InChI is InChI=1S/C16H21ClN2O3/c1-3-22-16(21)13-9-12(6-7-14(13)17)18-15(20)11-5-4-8-19(2)10-11/h6-7,9,11H,3-5,8,10H2,1-2H3,(H,18,20)/t11-/m0/s1. The molecular formula is C16H21ClN2O3. The van der Waals surface area contributed by atoms with Gasteiger partial charge in [0.25, 0.3) is 0 Å². The van der Waals surface area contributed by atoms with E-state index < -0.39 is 5.97 Å². The number of rotatable bonds is 4. The number of anilines is 1. The largest absolute Gasteiger partial charge is 0.462 e. The fourth-order valence-corrected chi connectivity index (χ4v) is 2.79. The Morgan fingerprint density at radius 2 is 2.23 bits per heavy atom. The second-order valence-electron chi connectivity index (χ2n) is 5.51. The average Bonchev–Trinajstić information content (AvgIpc) is 2.49. The Labute approximate surface area is 135 Å². The SMILES string of the molecule is CCOC(=O)c1cc(NC(=O)[C@H]2CCCN(C)C2)ccc1Cl. The van der Waals surface area contributed by atoms with Gasteiger partial charge in [0.05, 0.1) is 23.1 Å². The molecule has 0 bridgehead atoms. The monoisotopic (exact) mass is 324 g/mol. The summed E-state index contributed by atoms with van der Waals surface area (Å²) in [4.78, 5) is 26.3. The van der Waals surface area contributed by atoms with Crippen LogP contribution in [-0.2, 0) is 9.53 Å². The first kappa shape index (κ1) is 16.8. The molecule has 1 aliphatic heterocycles. The normalized spacial score (nSPS) is 18.8. The molecule has 22 heavy (non-hydrogen) atoms. The number of hydrogen-bond acceptors (Lipinski definition) is 4. The van der Waals surface area contributed by atoms with E-state index in [1.165, 1.54) is 0 Å². The second kappa shape index (κ2) is 7.61. The zero-order valence-electron chi connectivity index (χ0n) is 12.9. The van der Waals surface area contributed by atoms with Crippen LogP contribution in [0.3, 0.4) is 0 Å². The minimum atomic E-state index is -0.485. The van der Waals surface area contributed by atoms with Crippen molar-refractivity contribution in [2.24, 2.45) is 5.92 Å². The predicted octanol–water partition coefficient (Wildman–Crippen LogP) is 2.80. The number of amides is 1. The zero-order chi connectivity index (χ0) is 16.1. The third kappa shape index (κ3) is 4.21. The number of ether oxygens (including phenoxy) is 1. The maximum absolute atomic E-state index is 12.3. The van der Waals surface area contributed by atoms with E-state index in [1.807, 2.05) is 7.05 Å². The van der Waals surface area contributed by atoms with Crippen molar-refractivity contribution >= 4 is 29.2 Å². The van der Waals surface area contributed by atoms with Crippen LogP contribution in [0.25, 0.3) is 0 Å². The van der Waals surface area contributed by atoms with E-state index in [2.05, 4.69) is 10.2 Å². The number of hydrogen-bond donors (Lipinski definition) is 1. The Morgan fingerprint density at radius 3 is 2.91 bits per heavy atom. The molecule has 0 aliphatic carbocycles. The molecule has 1 aromatic rings. The number of benzene rings is 1. The van der Waals surface area contributed by atoms with Crippen LogP contribution >= 0.6 is 11.6 Å². The fraction of sp³-hybridized carbons (Fsp3) is 0.500. The second-order valence-corrected chi connectivity index (χ2v) is 5.91. The van der Waals surface area contributed by atoms with Crippen molar-refractivity contribution in [3.63, 3.8) is 0 Å². The molecule has 1 heterocycles. The molecular weight excluding hydrogens is 304 g/mol. The predicted molar refractivity (Wildman–Crippen MR) is 86.3 cm³/mol. The fourth-order valence-electron chi connectivity index (χ4n) is 2.59. The highest BCUT2D eigenvalue weighted by atomic mass is 35.5. The van der Waals surface area contributed by atoms with Gasteiger partial charge < -0.3 is 15.0 Å². The van der Waals surface area contributed by atoms with E-state index in [-0.39, 0.29) is 24.0 Å². The first-order chi connectivity index (χ1) is 10.5. The number of nitrogens with zero attached hydrogens (tertiary/aromatic N) is 1. The average molecular weight is 325 g/mol. The Hall–Kier alpha value is -1.59. The third-order valence-corrected chi connectivity index (χ3v) is 4.05. The smallest absolute Gasteiger partial charge is 0.339 e. The Morgan fingerprint density at radius 1 is 1.45 bits per heavy atom. The summed E-state index contributed by atoms with van der Waals surface area (Å²) < 4.78 is 4.96. The summed E-state index contributed by atoms with van der Waals surface area (Å²) in [5.74, 6) is -0.537. The van der Waals surface area contributed by atoms with Gasteiger partial charge in [-0.3, -0.25) is 4.79 Å². The molecule has 0 spiro atoms. The number of esters is 1. The molecule has 2 rings (SSSR count). The van der Waals surface area contributed by atoms with Gasteiger partial charge >= 0.3 is 5.97 Å². The summed E-state index contributed by atoms with van der Waals surface area (Å²) in [5, 5.41) is 3.18. The van der Waals surface area contributed by atoms with Crippen LogP contribution in [0.2, 0.25) is 5.02 Å². The summed E-state index contributed by atoms with van der Waals surface area (Å²) in [6.07, 6.45) is 1.90. The molecule has 5 nitrogen and oxygen atoms in total. The molecule has 1 aliphatic rings. The van der Waals surface area contributed by atoms with Crippen LogP contribution in [0.15, 0.2) is 18.2 Å². The molecule has 1 aromatic carbocycles. The lowest BCUT2D eigenvalue weighted by molar-refractivity contribution is -0.121. The lowest BCUT2D eigenvalue weighted by Gasteiger charge is -2.28. The molecule has 1 atom stereocenters. The number of piperidine rings is 1. The van der Waals surface area contributed by atoms with E-state index in [9.17, 15) is 9.59 Å². The van der Waals surface area contributed by atoms with Gasteiger partial charge in [-0.15, -0.1) is 0 Å². The Balaban J connectivity index is 2.07. The number of halogens is 1. The van der Waals surface area contributed by atoms with Gasteiger partial charge in [-0.1, -0.05) is 11.6 Å². The minimum absolute atomic E-state index is 0.0244. The highest BCUT2D eigenvalue weighted by Gasteiger charge is 2.24. The first-order valence-corrected chi connectivity index (χ1v) is 7.85. The minimum Gasteiger partial charge on any atom is -0.462 e. The zero-order valence-corrected chi connectivity index (χ0v) is 13.7. The Bertz CT molecular complexity index is 562. The number of carbonyl (C=O) groups is 2. The quantitative estimate of drug-likeness (QED) is 0.865. The van der Waals surface area contributed by atoms with E-state index in [1.54, 1.807) is 25.1 Å². The summed E-state index contributed by atoms with van der Waals surface area (Å²) >= 11 is 6.01. The lowest BCUT2D eigenvalue weighted by Crippen LogP contribution is -2.38. The van der Waals surface area contributed by atoms with Gasteiger partial charge in [0.2, 0.25) is 5.91 Å². The maximum Gasteiger partial charge on any atom is 0.339 e. The molecule has 120 valence electrons. The maximum atomic E-state index is 12.3. The molecule has 0 saturated carbocycles. The Kier molecular flexibility index (Phi) is 5.80. The molecule has 1 saturated heterocycles. The van der Waals surface area contributed by atoms with Crippen LogP contribution in [0.5, 0.6) is 0 Å². The molecule has 1 fully saturated rings. The van der Waals surface area contributed by atoms with Crippen molar-refractivity contribution in [3.8, 4) is 0 Å². The van der Waals surface area contributed by atoms with Gasteiger partial charge in [0.1, 0.15) is 0 Å². The summed E-state index contributed by atoms with van der Waals surface area (Å²) in [6.45, 7) is 3.79. The summed E-state index contributed by atoms with van der Waals surface area (Å²) in [7, 11) is 2.01. The van der Waals surface area contributed by atoms with Crippen molar-refractivity contribution in [2.45, 2.75) is 19.8 Å². The molecule has 1 amide bonds. The van der Waals surface area contributed by atoms with Gasteiger partial charge in [-0.25, -0.2) is 4.79 Å². The topological polar surface area (TPSA) is 58.6 Å².